The van der Waals surface area contributed by atoms with Gasteiger partial charge in [0.25, 0.3) is 0 Å². The Kier molecular flexibility index (Phi) is 4.46. The Bertz CT molecular complexity index is 339. The summed E-state index contributed by atoms with van der Waals surface area (Å²) in [5.74, 6) is -0.469. The molecule has 0 aliphatic heterocycles. The van der Waals surface area contributed by atoms with Gasteiger partial charge in [0.2, 0.25) is 5.60 Å². The molecule has 1 unspecified atom stereocenters. The van der Waals surface area contributed by atoms with E-state index in [-0.39, 0.29) is 6.54 Å². The van der Waals surface area contributed by atoms with Crippen LogP contribution in [0.2, 0.25) is 0 Å². The number of benzene rings is 1. The van der Waals surface area contributed by atoms with Crippen molar-refractivity contribution in [3.8, 4) is 0 Å². The number of esters is 1. The lowest BCUT2D eigenvalue weighted by Gasteiger charge is -2.29. The Labute approximate surface area is 95.3 Å². The SMILES string of the molecule is CCOC(CN)(C(=O)OC)c1ccccc1. The molecule has 0 aliphatic carbocycles. The molecule has 1 aromatic rings. The normalized spacial score (nSPS) is 14.2. The van der Waals surface area contributed by atoms with E-state index < -0.39 is 11.6 Å². The summed E-state index contributed by atoms with van der Waals surface area (Å²) in [5, 5.41) is 0. The highest BCUT2D eigenvalue weighted by Crippen LogP contribution is 2.26. The highest BCUT2D eigenvalue weighted by atomic mass is 16.6. The van der Waals surface area contributed by atoms with E-state index in [0.717, 1.165) is 0 Å². The summed E-state index contributed by atoms with van der Waals surface area (Å²) in [4.78, 5) is 11.8. The van der Waals surface area contributed by atoms with Gasteiger partial charge in [0, 0.05) is 13.2 Å². The number of hydrogen-bond acceptors (Lipinski definition) is 4. The first-order valence-electron chi connectivity index (χ1n) is 5.19. The quantitative estimate of drug-likeness (QED) is 0.758. The van der Waals surface area contributed by atoms with Gasteiger partial charge in [0.05, 0.1) is 7.11 Å². The van der Waals surface area contributed by atoms with E-state index in [0.29, 0.717) is 12.2 Å². The number of hydrogen-bond donors (Lipinski definition) is 1. The zero-order chi connectivity index (χ0) is 12.0. The zero-order valence-corrected chi connectivity index (χ0v) is 9.60. The predicted molar refractivity (Wildman–Crippen MR) is 60.8 cm³/mol. The number of nitrogens with two attached hydrogens (primary N) is 1. The second-order valence-electron chi connectivity index (χ2n) is 3.32. The minimum absolute atomic E-state index is 0.0531. The molecule has 0 saturated heterocycles. The molecule has 0 heterocycles. The van der Waals surface area contributed by atoms with Crippen molar-refractivity contribution in [1.82, 2.24) is 0 Å². The molecule has 0 fully saturated rings. The molecule has 16 heavy (non-hydrogen) atoms. The third-order valence-electron chi connectivity index (χ3n) is 2.43. The monoisotopic (exact) mass is 223 g/mol. The first-order chi connectivity index (χ1) is 7.71. The first kappa shape index (κ1) is 12.7. The summed E-state index contributed by atoms with van der Waals surface area (Å²) in [5.41, 5.74) is 5.20. The first-order valence-corrected chi connectivity index (χ1v) is 5.19. The summed E-state index contributed by atoms with van der Waals surface area (Å²) < 4.78 is 10.3. The molecular weight excluding hydrogens is 206 g/mol. The van der Waals surface area contributed by atoms with Crippen molar-refractivity contribution in [2.24, 2.45) is 5.73 Å². The summed E-state index contributed by atoms with van der Waals surface area (Å²) >= 11 is 0. The third kappa shape index (κ3) is 2.23. The van der Waals surface area contributed by atoms with Crippen molar-refractivity contribution in [1.29, 1.82) is 0 Å². The van der Waals surface area contributed by atoms with Gasteiger partial charge in [0.1, 0.15) is 0 Å². The van der Waals surface area contributed by atoms with Crippen LogP contribution in [0, 0.1) is 0 Å². The number of ether oxygens (including phenoxy) is 2. The number of methoxy groups -OCH3 is 1. The van der Waals surface area contributed by atoms with Crippen LogP contribution in [-0.4, -0.2) is 26.2 Å². The zero-order valence-electron chi connectivity index (χ0n) is 9.60. The number of rotatable bonds is 5. The largest absolute Gasteiger partial charge is 0.467 e. The molecule has 0 bridgehead atoms. The predicted octanol–water partition coefficient (Wildman–Crippen LogP) is 1.05. The van der Waals surface area contributed by atoms with E-state index in [1.165, 1.54) is 7.11 Å². The topological polar surface area (TPSA) is 61.5 Å². The van der Waals surface area contributed by atoms with Crippen molar-refractivity contribution in [3.05, 3.63) is 35.9 Å². The maximum atomic E-state index is 11.8. The fourth-order valence-electron chi connectivity index (χ4n) is 1.64. The number of carbonyl (C=O) groups excluding carboxylic acids is 1. The van der Waals surface area contributed by atoms with Gasteiger partial charge in [-0.15, -0.1) is 0 Å². The van der Waals surface area contributed by atoms with Crippen LogP contribution in [0.1, 0.15) is 12.5 Å². The molecule has 4 heteroatoms. The van der Waals surface area contributed by atoms with Gasteiger partial charge in [-0.3, -0.25) is 0 Å². The molecule has 0 aromatic heterocycles. The van der Waals surface area contributed by atoms with Crippen LogP contribution in [-0.2, 0) is 19.9 Å². The van der Waals surface area contributed by atoms with E-state index in [1.807, 2.05) is 25.1 Å². The molecule has 1 atom stereocenters. The van der Waals surface area contributed by atoms with E-state index in [4.69, 9.17) is 15.2 Å². The highest BCUT2D eigenvalue weighted by Gasteiger charge is 2.41. The lowest BCUT2D eigenvalue weighted by atomic mass is 9.93. The fourth-order valence-corrected chi connectivity index (χ4v) is 1.64. The Morgan fingerprint density at radius 3 is 2.44 bits per heavy atom. The van der Waals surface area contributed by atoms with Crippen LogP contribution < -0.4 is 5.73 Å². The van der Waals surface area contributed by atoms with E-state index in [9.17, 15) is 4.79 Å². The summed E-state index contributed by atoms with van der Waals surface area (Å²) in [7, 11) is 1.33. The molecular formula is C12H17NO3. The molecule has 0 radical (unpaired) electrons. The van der Waals surface area contributed by atoms with Crippen LogP contribution >= 0.6 is 0 Å². The van der Waals surface area contributed by atoms with Gasteiger partial charge in [-0.1, -0.05) is 30.3 Å². The van der Waals surface area contributed by atoms with Crippen molar-refractivity contribution in [2.45, 2.75) is 12.5 Å². The Balaban J connectivity index is 3.17. The Morgan fingerprint density at radius 2 is 2.00 bits per heavy atom. The molecule has 0 amide bonds. The van der Waals surface area contributed by atoms with Gasteiger partial charge < -0.3 is 15.2 Å². The maximum Gasteiger partial charge on any atom is 0.344 e. The van der Waals surface area contributed by atoms with Gasteiger partial charge in [0.15, 0.2) is 0 Å². The molecule has 0 spiro atoms. The van der Waals surface area contributed by atoms with Crippen molar-refractivity contribution < 1.29 is 14.3 Å². The van der Waals surface area contributed by atoms with Crippen LogP contribution in [0.4, 0.5) is 0 Å². The smallest absolute Gasteiger partial charge is 0.344 e. The second-order valence-corrected chi connectivity index (χ2v) is 3.32. The van der Waals surface area contributed by atoms with Crippen LogP contribution in [0.3, 0.4) is 0 Å². The standard InChI is InChI=1S/C12H17NO3/c1-3-16-12(9-13,11(14)15-2)10-7-5-4-6-8-10/h4-8H,3,9,13H2,1-2H3. The van der Waals surface area contributed by atoms with Gasteiger partial charge >= 0.3 is 5.97 Å². The average Bonchev–Trinajstić information content (AvgIpc) is 2.36. The van der Waals surface area contributed by atoms with Gasteiger partial charge in [-0.25, -0.2) is 4.79 Å². The number of carbonyl (C=O) groups is 1. The average molecular weight is 223 g/mol. The molecule has 0 aliphatic rings. The maximum absolute atomic E-state index is 11.8. The van der Waals surface area contributed by atoms with E-state index in [1.54, 1.807) is 12.1 Å². The highest BCUT2D eigenvalue weighted by molar-refractivity contribution is 5.81. The van der Waals surface area contributed by atoms with Gasteiger partial charge in [-0.05, 0) is 12.5 Å². The lowest BCUT2D eigenvalue weighted by molar-refractivity contribution is -0.169. The third-order valence-corrected chi connectivity index (χ3v) is 2.43. The summed E-state index contributed by atoms with van der Waals surface area (Å²) in [6, 6.07) is 9.15. The molecule has 88 valence electrons. The molecule has 2 N–H and O–H groups in total. The minimum Gasteiger partial charge on any atom is -0.467 e. The minimum atomic E-state index is -1.19. The summed E-state index contributed by atoms with van der Waals surface area (Å²) in [6.45, 7) is 2.26. The summed E-state index contributed by atoms with van der Waals surface area (Å²) in [6.07, 6.45) is 0. The lowest BCUT2D eigenvalue weighted by Crippen LogP contribution is -2.46. The second kappa shape index (κ2) is 5.63. The Hall–Kier alpha value is -1.39. The van der Waals surface area contributed by atoms with E-state index in [2.05, 4.69) is 0 Å². The van der Waals surface area contributed by atoms with Gasteiger partial charge in [-0.2, -0.15) is 0 Å². The molecule has 4 nitrogen and oxygen atoms in total. The van der Waals surface area contributed by atoms with Crippen LogP contribution in [0.25, 0.3) is 0 Å². The molecule has 1 aromatic carbocycles. The van der Waals surface area contributed by atoms with Crippen molar-refractivity contribution in [2.75, 3.05) is 20.3 Å². The van der Waals surface area contributed by atoms with Crippen molar-refractivity contribution in [3.63, 3.8) is 0 Å². The van der Waals surface area contributed by atoms with Crippen molar-refractivity contribution >= 4 is 5.97 Å². The molecule has 1 rings (SSSR count). The Morgan fingerprint density at radius 1 is 1.38 bits per heavy atom. The van der Waals surface area contributed by atoms with E-state index >= 15 is 0 Å². The van der Waals surface area contributed by atoms with Crippen LogP contribution in [0.5, 0.6) is 0 Å². The molecule has 0 saturated carbocycles. The van der Waals surface area contributed by atoms with Crippen LogP contribution in [0.15, 0.2) is 30.3 Å². The fraction of sp³-hybridized carbons (Fsp3) is 0.417.